The van der Waals surface area contributed by atoms with Crippen LogP contribution >= 0.6 is 0 Å². The molecule has 6 heteroatoms. The lowest BCUT2D eigenvalue weighted by atomic mass is 10.0. The number of nitrogen functional groups attached to an aromatic ring is 1. The van der Waals surface area contributed by atoms with Gasteiger partial charge in [0.15, 0.2) is 0 Å². The first-order valence-electron chi connectivity index (χ1n) is 8.25. The second-order valence-corrected chi connectivity index (χ2v) is 6.24. The quantitative estimate of drug-likeness (QED) is 0.692. The Balaban J connectivity index is 1.74. The number of hydrogen-bond acceptors (Lipinski definition) is 5. The second kappa shape index (κ2) is 5.70. The summed E-state index contributed by atoms with van der Waals surface area (Å²) in [5, 5.41) is 5.90. The van der Waals surface area contributed by atoms with E-state index in [9.17, 15) is 0 Å². The third kappa shape index (κ3) is 2.59. The molecule has 4 heterocycles. The highest BCUT2D eigenvalue weighted by molar-refractivity contribution is 6.12. The van der Waals surface area contributed by atoms with E-state index in [-0.39, 0.29) is 0 Å². The van der Waals surface area contributed by atoms with Crippen LogP contribution in [0.2, 0.25) is 0 Å². The molecule has 1 aliphatic heterocycles. The molecule has 0 aromatic carbocycles. The maximum absolute atomic E-state index is 5.87. The molecule has 0 aliphatic carbocycles. The van der Waals surface area contributed by atoms with Gasteiger partial charge in [0.25, 0.3) is 0 Å². The van der Waals surface area contributed by atoms with E-state index in [0.717, 1.165) is 40.7 Å². The molecule has 120 valence electrons. The summed E-state index contributed by atoms with van der Waals surface area (Å²) in [4.78, 5) is 14.4. The minimum atomic E-state index is 0.471. The van der Waals surface area contributed by atoms with Crippen molar-refractivity contribution in [2.24, 2.45) is 0 Å². The summed E-state index contributed by atoms with van der Waals surface area (Å²) >= 11 is 0. The van der Waals surface area contributed by atoms with Gasteiger partial charge in [-0.3, -0.25) is 0 Å². The molecule has 1 atom stereocenters. The van der Waals surface area contributed by atoms with Crippen LogP contribution < -0.4 is 11.1 Å². The first-order chi connectivity index (χ1) is 11.2. The van der Waals surface area contributed by atoms with Crippen molar-refractivity contribution in [2.45, 2.75) is 25.8 Å². The number of hydrogen-bond donors (Lipinski definition) is 3. The Bertz CT molecular complexity index is 840. The lowest BCUT2D eigenvalue weighted by Crippen LogP contribution is -2.41. The molecule has 0 bridgehead atoms. The topological polar surface area (TPSA) is 82.9 Å². The molecule has 4 rings (SSSR count). The maximum Gasteiger partial charge on any atom is 0.140 e. The monoisotopic (exact) mass is 310 g/mol. The normalized spacial score (nSPS) is 19.4. The first kappa shape index (κ1) is 14.3. The van der Waals surface area contributed by atoms with Crippen molar-refractivity contribution in [1.29, 1.82) is 0 Å². The number of nitrogens with one attached hydrogen (secondary N) is 2. The van der Waals surface area contributed by atoms with E-state index in [4.69, 9.17) is 5.73 Å². The first-order valence-corrected chi connectivity index (χ1v) is 8.25. The van der Waals surface area contributed by atoms with E-state index in [0.29, 0.717) is 11.9 Å². The number of aromatic nitrogens is 3. The minimum absolute atomic E-state index is 0.471. The summed E-state index contributed by atoms with van der Waals surface area (Å²) in [5.74, 6) is 0.531. The number of nitrogens with two attached hydrogens (primary N) is 1. The number of piperidine rings is 1. The van der Waals surface area contributed by atoms with Crippen LogP contribution in [0.3, 0.4) is 0 Å². The number of H-pyrrole nitrogens is 1. The zero-order chi connectivity index (χ0) is 15.8. The smallest absolute Gasteiger partial charge is 0.140 e. The van der Waals surface area contributed by atoms with E-state index in [1.54, 1.807) is 6.20 Å². The van der Waals surface area contributed by atoms with Crippen molar-refractivity contribution in [3.05, 3.63) is 24.5 Å². The maximum atomic E-state index is 5.87. The summed E-state index contributed by atoms with van der Waals surface area (Å²) in [6.45, 7) is 5.63. The summed E-state index contributed by atoms with van der Waals surface area (Å²) < 4.78 is 0. The van der Waals surface area contributed by atoms with Gasteiger partial charge in [0.1, 0.15) is 11.5 Å². The van der Waals surface area contributed by atoms with Crippen LogP contribution in [0.15, 0.2) is 24.5 Å². The number of nitrogens with zero attached hydrogens (tertiary/aromatic N) is 3. The number of pyridine rings is 2. The van der Waals surface area contributed by atoms with Gasteiger partial charge in [-0.1, -0.05) is 6.92 Å². The highest BCUT2D eigenvalue weighted by atomic mass is 15.2. The molecular formula is C17H22N6. The predicted molar refractivity (Wildman–Crippen MR) is 94.6 cm³/mol. The van der Waals surface area contributed by atoms with Gasteiger partial charge in [0.05, 0.1) is 11.7 Å². The number of aromatic amines is 1. The van der Waals surface area contributed by atoms with Crippen molar-refractivity contribution in [3.8, 4) is 0 Å². The zero-order valence-electron chi connectivity index (χ0n) is 13.3. The molecule has 1 saturated heterocycles. The molecule has 0 spiro atoms. The van der Waals surface area contributed by atoms with E-state index < -0.39 is 0 Å². The SMILES string of the molecule is CCN1CCCC(Nc2ccnc3[nH]c4cnc(N)cc4c23)C1. The molecule has 3 aromatic heterocycles. The lowest BCUT2D eigenvalue weighted by Gasteiger charge is -2.33. The molecule has 0 saturated carbocycles. The Morgan fingerprint density at radius 3 is 3.22 bits per heavy atom. The average molecular weight is 310 g/mol. The predicted octanol–water partition coefficient (Wildman–Crippen LogP) is 2.59. The Hall–Kier alpha value is -2.34. The van der Waals surface area contributed by atoms with Crippen LogP contribution in [0.4, 0.5) is 11.5 Å². The molecule has 23 heavy (non-hydrogen) atoms. The van der Waals surface area contributed by atoms with E-state index in [1.165, 1.54) is 19.4 Å². The minimum Gasteiger partial charge on any atom is -0.384 e. The van der Waals surface area contributed by atoms with Crippen LogP contribution in [0, 0.1) is 0 Å². The van der Waals surface area contributed by atoms with Crippen molar-refractivity contribution in [1.82, 2.24) is 19.9 Å². The molecule has 3 aromatic rings. The van der Waals surface area contributed by atoms with Crippen LogP contribution in [0.25, 0.3) is 21.9 Å². The van der Waals surface area contributed by atoms with Crippen molar-refractivity contribution >= 4 is 33.4 Å². The third-order valence-electron chi connectivity index (χ3n) is 4.71. The van der Waals surface area contributed by atoms with E-state index in [2.05, 4.69) is 38.2 Å². The van der Waals surface area contributed by atoms with Gasteiger partial charge in [-0.2, -0.15) is 0 Å². The summed E-state index contributed by atoms with van der Waals surface area (Å²) in [6, 6.07) is 4.44. The van der Waals surface area contributed by atoms with Crippen LogP contribution in [0.5, 0.6) is 0 Å². The fourth-order valence-corrected chi connectivity index (χ4v) is 3.54. The van der Waals surface area contributed by atoms with Gasteiger partial charge in [-0.25, -0.2) is 9.97 Å². The highest BCUT2D eigenvalue weighted by Crippen LogP contribution is 2.31. The summed E-state index contributed by atoms with van der Waals surface area (Å²) in [5.41, 5.74) is 8.84. The van der Waals surface area contributed by atoms with Crippen molar-refractivity contribution in [3.63, 3.8) is 0 Å². The molecule has 0 amide bonds. The fourth-order valence-electron chi connectivity index (χ4n) is 3.54. The molecule has 1 fully saturated rings. The number of likely N-dealkylation sites (N-methyl/N-ethyl adjacent to an activating group) is 1. The van der Waals surface area contributed by atoms with E-state index in [1.807, 2.05) is 12.3 Å². The van der Waals surface area contributed by atoms with Gasteiger partial charge in [-0.15, -0.1) is 0 Å². The Labute approximate surface area is 135 Å². The largest absolute Gasteiger partial charge is 0.384 e. The van der Waals surface area contributed by atoms with Gasteiger partial charge in [-0.05, 0) is 38.1 Å². The zero-order valence-corrected chi connectivity index (χ0v) is 13.3. The molecule has 4 N–H and O–H groups in total. The van der Waals surface area contributed by atoms with Crippen LogP contribution in [-0.2, 0) is 0 Å². The number of fused-ring (bicyclic) bond motifs is 3. The second-order valence-electron chi connectivity index (χ2n) is 6.24. The standard InChI is InChI=1S/C17H22N6/c1-2-23-7-3-4-11(10-23)21-13-5-6-19-17-16(13)12-8-15(18)20-9-14(12)22-17/h5-6,8-9,11H,2-4,7,10H2,1H3,(H2,18,20)(H2,19,21,22). The van der Waals surface area contributed by atoms with Gasteiger partial charge >= 0.3 is 0 Å². The van der Waals surface area contributed by atoms with Gasteiger partial charge < -0.3 is 20.9 Å². The Kier molecular flexibility index (Phi) is 3.53. The van der Waals surface area contributed by atoms with Crippen LogP contribution in [0.1, 0.15) is 19.8 Å². The van der Waals surface area contributed by atoms with Crippen molar-refractivity contribution in [2.75, 3.05) is 30.7 Å². The Morgan fingerprint density at radius 2 is 2.35 bits per heavy atom. The Morgan fingerprint density at radius 1 is 1.43 bits per heavy atom. The number of anilines is 2. The van der Waals surface area contributed by atoms with Gasteiger partial charge in [0.2, 0.25) is 0 Å². The molecular weight excluding hydrogens is 288 g/mol. The lowest BCUT2D eigenvalue weighted by molar-refractivity contribution is 0.227. The summed E-state index contributed by atoms with van der Waals surface area (Å²) in [6.07, 6.45) is 6.06. The fraction of sp³-hybridized carbons (Fsp3) is 0.412. The molecule has 1 unspecified atom stereocenters. The molecule has 6 nitrogen and oxygen atoms in total. The number of likely N-dealkylation sites (tertiary alicyclic amines) is 1. The molecule has 1 aliphatic rings. The van der Waals surface area contributed by atoms with Crippen LogP contribution in [-0.4, -0.2) is 45.5 Å². The van der Waals surface area contributed by atoms with Crippen molar-refractivity contribution < 1.29 is 0 Å². The molecule has 0 radical (unpaired) electrons. The summed E-state index contributed by atoms with van der Waals surface area (Å²) in [7, 11) is 0. The van der Waals surface area contributed by atoms with E-state index >= 15 is 0 Å². The number of rotatable bonds is 3. The van der Waals surface area contributed by atoms with Gasteiger partial charge in [0, 0.05) is 35.2 Å². The third-order valence-corrected chi connectivity index (χ3v) is 4.71. The average Bonchev–Trinajstić information content (AvgIpc) is 2.94. The highest BCUT2D eigenvalue weighted by Gasteiger charge is 2.20.